The van der Waals surface area contributed by atoms with E-state index >= 15 is 0 Å². The summed E-state index contributed by atoms with van der Waals surface area (Å²) >= 11 is 0. The average molecular weight is 148 g/mol. The molecule has 1 rings (SSSR count). The van der Waals surface area contributed by atoms with E-state index in [1.807, 2.05) is 0 Å². The molecule has 0 saturated carbocycles. The smallest absolute Gasteiger partial charge is 0.0637 e. The van der Waals surface area contributed by atoms with Crippen molar-refractivity contribution in [2.24, 2.45) is 5.73 Å². The summed E-state index contributed by atoms with van der Waals surface area (Å²) in [7, 11) is 2.46. The van der Waals surface area contributed by atoms with Gasteiger partial charge in [0.05, 0.1) is 6.61 Å². The second kappa shape index (κ2) is 3.47. The molecule has 54 valence electrons. The average Bonchev–Trinajstić information content (AvgIpc) is 1.89. The molecule has 3 atom stereocenters. The third kappa shape index (κ3) is 1.87. The predicted octanol–water partition coefficient (Wildman–Crippen LogP) is -0.518. The summed E-state index contributed by atoms with van der Waals surface area (Å²) in [5, 5.41) is 3.02. The third-order valence-electron chi connectivity index (χ3n) is 1.62. The van der Waals surface area contributed by atoms with Crippen molar-refractivity contribution >= 4 is 9.39 Å². The summed E-state index contributed by atoms with van der Waals surface area (Å²) < 4.78 is 5.19. The standard InChI is InChI=1S/C5H13N2OP/c6-4-1-2-8-3-5(4)7-9/h4-5,7H,1-3,6,9H2/t4-,5+/m1/s1. The molecule has 4 heteroatoms. The maximum Gasteiger partial charge on any atom is 0.0637 e. The molecule has 1 unspecified atom stereocenters. The van der Waals surface area contributed by atoms with E-state index in [9.17, 15) is 0 Å². The molecule has 0 aromatic carbocycles. The van der Waals surface area contributed by atoms with Gasteiger partial charge in [-0.2, -0.15) is 0 Å². The molecule has 1 fully saturated rings. The molecule has 0 bridgehead atoms. The van der Waals surface area contributed by atoms with Gasteiger partial charge in [0, 0.05) is 18.7 Å². The van der Waals surface area contributed by atoms with Crippen LogP contribution < -0.4 is 10.8 Å². The largest absolute Gasteiger partial charge is 0.380 e. The summed E-state index contributed by atoms with van der Waals surface area (Å²) in [5.74, 6) is 0. The molecule has 0 spiro atoms. The Morgan fingerprint density at radius 1 is 1.67 bits per heavy atom. The Kier molecular flexibility index (Phi) is 2.86. The Balaban J connectivity index is 2.30. The first-order valence-corrected chi connectivity index (χ1v) is 3.72. The Morgan fingerprint density at radius 3 is 2.89 bits per heavy atom. The second-order valence-electron chi connectivity index (χ2n) is 2.30. The van der Waals surface area contributed by atoms with Crippen molar-refractivity contribution in [3.05, 3.63) is 0 Å². The number of nitrogens with one attached hydrogen (secondary N) is 1. The van der Waals surface area contributed by atoms with Gasteiger partial charge in [0.1, 0.15) is 0 Å². The van der Waals surface area contributed by atoms with Crippen molar-refractivity contribution in [1.29, 1.82) is 0 Å². The molecule has 0 radical (unpaired) electrons. The highest BCUT2D eigenvalue weighted by Crippen LogP contribution is 2.05. The molecule has 1 aliphatic heterocycles. The van der Waals surface area contributed by atoms with Crippen molar-refractivity contribution in [2.45, 2.75) is 18.5 Å². The Bertz CT molecular complexity index is 91.0. The van der Waals surface area contributed by atoms with Crippen LogP contribution in [0.25, 0.3) is 0 Å². The first kappa shape index (κ1) is 7.42. The Hall–Kier alpha value is 0.310. The van der Waals surface area contributed by atoms with E-state index in [0.717, 1.165) is 19.6 Å². The number of hydrogen-bond acceptors (Lipinski definition) is 3. The quantitative estimate of drug-likeness (QED) is 0.492. The van der Waals surface area contributed by atoms with Crippen LogP contribution in [0.5, 0.6) is 0 Å². The van der Waals surface area contributed by atoms with E-state index in [4.69, 9.17) is 10.5 Å². The number of nitrogens with two attached hydrogens (primary N) is 1. The molecule has 3 nitrogen and oxygen atoms in total. The van der Waals surface area contributed by atoms with Crippen LogP contribution in [0.2, 0.25) is 0 Å². The zero-order valence-electron chi connectivity index (χ0n) is 5.34. The molecule has 3 N–H and O–H groups in total. The molecule has 1 saturated heterocycles. The molecular weight excluding hydrogens is 135 g/mol. The van der Waals surface area contributed by atoms with E-state index in [2.05, 4.69) is 14.5 Å². The lowest BCUT2D eigenvalue weighted by atomic mass is 10.1. The lowest BCUT2D eigenvalue weighted by molar-refractivity contribution is 0.0669. The van der Waals surface area contributed by atoms with Gasteiger partial charge >= 0.3 is 0 Å². The molecule has 9 heavy (non-hydrogen) atoms. The van der Waals surface area contributed by atoms with E-state index in [0.29, 0.717) is 6.04 Å². The fourth-order valence-electron chi connectivity index (χ4n) is 0.926. The first-order chi connectivity index (χ1) is 4.34. The van der Waals surface area contributed by atoms with Crippen LogP contribution in [0, 0.1) is 0 Å². The summed E-state index contributed by atoms with van der Waals surface area (Å²) in [5.41, 5.74) is 5.73. The third-order valence-corrected chi connectivity index (χ3v) is 2.05. The lowest BCUT2D eigenvalue weighted by Crippen LogP contribution is -2.48. The van der Waals surface area contributed by atoms with Gasteiger partial charge in [0.25, 0.3) is 0 Å². The van der Waals surface area contributed by atoms with Crippen LogP contribution in [-0.4, -0.2) is 25.3 Å². The predicted molar refractivity (Wildman–Crippen MR) is 40.0 cm³/mol. The Morgan fingerprint density at radius 2 is 2.44 bits per heavy atom. The van der Waals surface area contributed by atoms with E-state index in [1.54, 1.807) is 0 Å². The molecule has 0 amide bonds. The number of hydrogen-bond donors (Lipinski definition) is 2. The fourth-order valence-corrected chi connectivity index (χ4v) is 1.27. The minimum atomic E-state index is 0.260. The number of rotatable bonds is 1. The zero-order valence-corrected chi connectivity index (χ0v) is 6.49. The molecular formula is C5H13N2OP. The summed E-state index contributed by atoms with van der Waals surface area (Å²) in [6.45, 7) is 1.55. The highest BCUT2D eigenvalue weighted by molar-refractivity contribution is 7.13. The van der Waals surface area contributed by atoms with Crippen molar-refractivity contribution in [1.82, 2.24) is 5.09 Å². The normalized spacial score (nSPS) is 36.7. The maximum absolute atomic E-state index is 5.73. The molecule has 1 heterocycles. The van der Waals surface area contributed by atoms with Crippen LogP contribution in [0.4, 0.5) is 0 Å². The van der Waals surface area contributed by atoms with Crippen LogP contribution in [-0.2, 0) is 4.74 Å². The molecule has 0 aliphatic carbocycles. The van der Waals surface area contributed by atoms with Crippen molar-refractivity contribution in [2.75, 3.05) is 13.2 Å². The summed E-state index contributed by atoms with van der Waals surface area (Å²) in [6, 6.07) is 0.583. The van der Waals surface area contributed by atoms with Crippen LogP contribution >= 0.6 is 9.39 Å². The molecule has 1 aliphatic rings. The van der Waals surface area contributed by atoms with E-state index in [-0.39, 0.29) is 6.04 Å². The Labute approximate surface area is 57.6 Å². The SMILES string of the molecule is N[C@@H]1CCOC[C@@H]1NP. The highest BCUT2D eigenvalue weighted by atomic mass is 31.0. The van der Waals surface area contributed by atoms with Crippen molar-refractivity contribution in [3.8, 4) is 0 Å². The second-order valence-corrected chi connectivity index (χ2v) is 2.63. The summed E-state index contributed by atoms with van der Waals surface area (Å²) in [4.78, 5) is 0. The van der Waals surface area contributed by atoms with Crippen molar-refractivity contribution < 1.29 is 4.74 Å². The fraction of sp³-hybridized carbons (Fsp3) is 1.00. The van der Waals surface area contributed by atoms with Gasteiger partial charge in [-0.15, -0.1) is 0 Å². The van der Waals surface area contributed by atoms with Gasteiger partial charge in [-0.25, -0.2) is 0 Å². The topological polar surface area (TPSA) is 47.3 Å². The van der Waals surface area contributed by atoms with Crippen LogP contribution in [0.15, 0.2) is 0 Å². The van der Waals surface area contributed by atoms with Gasteiger partial charge < -0.3 is 10.5 Å². The number of ether oxygens (including phenoxy) is 1. The van der Waals surface area contributed by atoms with Gasteiger partial charge in [0.15, 0.2) is 0 Å². The minimum absolute atomic E-state index is 0.260. The monoisotopic (exact) mass is 148 g/mol. The van der Waals surface area contributed by atoms with Gasteiger partial charge in [0.2, 0.25) is 0 Å². The first-order valence-electron chi connectivity index (χ1n) is 3.14. The van der Waals surface area contributed by atoms with Gasteiger partial charge in [-0.3, -0.25) is 5.09 Å². The molecule has 0 aromatic heterocycles. The van der Waals surface area contributed by atoms with Gasteiger partial charge in [-0.1, -0.05) is 9.39 Å². The van der Waals surface area contributed by atoms with Crippen LogP contribution in [0.1, 0.15) is 6.42 Å². The molecule has 0 aromatic rings. The van der Waals surface area contributed by atoms with E-state index in [1.165, 1.54) is 0 Å². The van der Waals surface area contributed by atoms with Crippen LogP contribution in [0.3, 0.4) is 0 Å². The van der Waals surface area contributed by atoms with Gasteiger partial charge in [-0.05, 0) is 6.42 Å². The lowest BCUT2D eigenvalue weighted by Gasteiger charge is -2.27. The highest BCUT2D eigenvalue weighted by Gasteiger charge is 2.19. The summed E-state index contributed by atoms with van der Waals surface area (Å²) in [6.07, 6.45) is 0.964. The minimum Gasteiger partial charge on any atom is -0.380 e. The maximum atomic E-state index is 5.73. The zero-order chi connectivity index (χ0) is 6.69. The van der Waals surface area contributed by atoms with E-state index < -0.39 is 0 Å². The van der Waals surface area contributed by atoms with Crippen molar-refractivity contribution in [3.63, 3.8) is 0 Å².